The lowest BCUT2D eigenvalue weighted by atomic mass is 9.66. The number of anilines is 3. The molecule has 0 saturated carbocycles. The third kappa shape index (κ3) is 5.63. The zero-order valence-electron chi connectivity index (χ0n) is 28.3. The number of fused-ring (bicyclic) bond motifs is 2. The monoisotopic (exact) mass is 638 g/mol. The summed E-state index contributed by atoms with van der Waals surface area (Å²) in [4.78, 5) is 2.49. The van der Waals surface area contributed by atoms with Crippen molar-refractivity contribution in [1.29, 1.82) is 0 Å². The van der Waals surface area contributed by atoms with E-state index in [1.807, 2.05) is 24.3 Å². The Hall–Kier alpha value is -5.75. The standard InChI is InChI=1S/C43H39BN4O/c1-30(2)37-21-14-22-38(31(3)4)43(37)48-40-24-9-8-23-39(40)45-44(48)32-15-12-19-35(27-32)49-36-20-13-18-34(28-36)47-29-46(33-16-6-5-7-17-33)41-25-10-11-26-42(41)47/h5-28,30-31,45H,1-4H3. The van der Waals surface area contributed by atoms with Gasteiger partial charge in [-0.15, -0.1) is 0 Å². The van der Waals surface area contributed by atoms with Gasteiger partial charge in [0.05, 0.1) is 28.1 Å². The van der Waals surface area contributed by atoms with Gasteiger partial charge < -0.3 is 14.8 Å². The highest BCUT2D eigenvalue weighted by molar-refractivity contribution is 6.82. The number of hydrogen-bond acceptors (Lipinski definition) is 3. The van der Waals surface area contributed by atoms with Crippen LogP contribution in [-0.2, 0) is 0 Å². The molecule has 0 bridgehead atoms. The van der Waals surface area contributed by atoms with E-state index in [1.165, 1.54) is 22.5 Å². The predicted octanol–water partition coefficient (Wildman–Crippen LogP) is 9.71. The Balaban J connectivity index is 1.15. The molecule has 0 unspecified atom stereocenters. The summed E-state index contributed by atoms with van der Waals surface area (Å²) in [6, 6.07) is 50.8. The summed E-state index contributed by atoms with van der Waals surface area (Å²) >= 11 is 0. The van der Waals surface area contributed by atoms with Gasteiger partial charge in [0.15, 0.2) is 0 Å². The van der Waals surface area contributed by atoms with Crippen molar-refractivity contribution in [2.75, 3.05) is 10.0 Å². The quantitative estimate of drug-likeness (QED) is 0.102. The average Bonchev–Trinajstić information content (AvgIpc) is 3.71. The van der Waals surface area contributed by atoms with Crippen LogP contribution in [0.3, 0.4) is 0 Å². The van der Waals surface area contributed by atoms with Gasteiger partial charge in [0.25, 0.3) is 6.33 Å². The highest BCUT2D eigenvalue weighted by Crippen LogP contribution is 2.45. The van der Waals surface area contributed by atoms with Gasteiger partial charge in [-0.3, -0.25) is 9.13 Å². The molecule has 0 fully saturated rings. The molecule has 0 radical (unpaired) electrons. The van der Waals surface area contributed by atoms with Gasteiger partial charge in [-0.1, -0.05) is 119 Å². The number of para-hydroxylation sites is 6. The van der Waals surface area contributed by atoms with Gasteiger partial charge in [-0.05, 0) is 83.0 Å². The van der Waals surface area contributed by atoms with Crippen LogP contribution in [0.5, 0.6) is 11.5 Å². The van der Waals surface area contributed by atoms with Crippen LogP contribution in [0, 0.1) is 6.33 Å². The number of hydrogen-bond donors (Lipinski definition) is 1. The lowest BCUT2D eigenvalue weighted by Gasteiger charge is -2.31. The Morgan fingerprint density at radius 3 is 2.08 bits per heavy atom. The lowest BCUT2D eigenvalue weighted by Crippen LogP contribution is -2.48. The fraction of sp³-hybridized carbons (Fsp3) is 0.140. The highest BCUT2D eigenvalue weighted by atomic mass is 16.5. The smallest absolute Gasteiger partial charge is 0.413 e. The number of imidazole rings is 1. The molecule has 0 atom stereocenters. The van der Waals surface area contributed by atoms with E-state index in [0.717, 1.165) is 45.1 Å². The molecule has 49 heavy (non-hydrogen) atoms. The fourth-order valence-electron chi connectivity index (χ4n) is 7.02. The van der Waals surface area contributed by atoms with Crippen molar-refractivity contribution >= 4 is 40.5 Å². The normalized spacial score (nSPS) is 12.5. The second kappa shape index (κ2) is 12.7. The lowest BCUT2D eigenvalue weighted by molar-refractivity contribution is -0.572. The summed E-state index contributed by atoms with van der Waals surface area (Å²) < 4.78 is 10.8. The Morgan fingerprint density at radius 2 is 1.31 bits per heavy atom. The average molecular weight is 639 g/mol. The van der Waals surface area contributed by atoms with Gasteiger partial charge in [0.1, 0.15) is 11.5 Å². The first kappa shape index (κ1) is 30.6. The molecule has 6 aromatic carbocycles. The molecule has 7 aromatic rings. The third-order valence-corrected chi connectivity index (χ3v) is 9.36. The summed E-state index contributed by atoms with van der Waals surface area (Å²) in [6.07, 6.45) is 3.58. The molecule has 0 amide bonds. The zero-order valence-corrected chi connectivity index (χ0v) is 28.3. The fourth-order valence-corrected chi connectivity index (χ4v) is 7.02. The van der Waals surface area contributed by atoms with Crippen LogP contribution in [0.25, 0.3) is 22.4 Å². The predicted molar refractivity (Wildman–Crippen MR) is 202 cm³/mol. The summed E-state index contributed by atoms with van der Waals surface area (Å²) in [5.74, 6) is 2.30. The van der Waals surface area contributed by atoms with Crippen LogP contribution >= 0.6 is 0 Å². The second-order valence-corrected chi connectivity index (χ2v) is 13.3. The summed E-state index contributed by atoms with van der Waals surface area (Å²) in [6.45, 7) is 9.03. The van der Waals surface area contributed by atoms with E-state index in [-0.39, 0.29) is 6.98 Å². The second-order valence-electron chi connectivity index (χ2n) is 13.3. The minimum Gasteiger partial charge on any atom is -0.458 e. The first-order chi connectivity index (χ1) is 24.0. The van der Waals surface area contributed by atoms with Gasteiger partial charge in [-0.25, -0.2) is 0 Å². The molecular weight excluding hydrogens is 599 g/mol. The number of aromatic nitrogens is 2. The van der Waals surface area contributed by atoms with E-state index in [1.54, 1.807) is 0 Å². The number of ether oxygens (including phenoxy) is 1. The molecule has 1 aliphatic rings. The van der Waals surface area contributed by atoms with Gasteiger partial charge in [-0.2, -0.15) is 0 Å². The van der Waals surface area contributed by atoms with Crippen LogP contribution in [0.4, 0.5) is 17.1 Å². The Bertz CT molecular complexity index is 2250. The van der Waals surface area contributed by atoms with Crippen molar-refractivity contribution in [3.63, 3.8) is 0 Å². The molecule has 1 aliphatic heterocycles. The number of nitrogens with zero attached hydrogens (tertiary/aromatic N) is 3. The SMILES string of the molecule is CC(C)c1cccc(C(C)C)c1N1B(c2cccc(Oc3cccc(-n4[c-][n+](-c5ccccc5)c5ccccc54)c3)c2)Nc2ccccc21. The molecule has 5 nitrogen and oxygen atoms in total. The van der Waals surface area contributed by atoms with Crippen LogP contribution in [0.1, 0.15) is 50.7 Å². The largest absolute Gasteiger partial charge is 0.458 e. The summed E-state index contributed by atoms with van der Waals surface area (Å²) in [7, 11) is 0. The van der Waals surface area contributed by atoms with E-state index in [4.69, 9.17) is 4.74 Å². The molecule has 0 spiro atoms. The van der Waals surface area contributed by atoms with Gasteiger partial charge >= 0.3 is 6.98 Å². The Morgan fingerprint density at radius 1 is 0.653 bits per heavy atom. The molecular formula is C43H39BN4O. The maximum atomic E-state index is 6.61. The molecule has 0 aliphatic carbocycles. The zero-order chi connectivity index (χ0) is 33.5. The third-order valence-electron chi connectivity index (χ3n) is 9.36. The number of rotatable bonds is 8. The van der Waals surface area contributed by atoms with Crippen LogP contribution in [-0.4, -0.2) is 11.5 Å². The number of benzene rings is 6. The van der Waals surface area contributed by atoms with Crippen LogP contribution in [0.15, 0.2) is 146 Å². The molecule has 240 valence electrons. The van der Waals surface area contributed by atoms with E-state index in [0.29, 0.717) is 11.8 Å². The summed E-state index contributed by atoms with van der Waals surface area (Å²) in [5.41, 5.74) is 11.6. The maximum absolute atomic E-state index is 6.61. The Kier molecular flexibility index (Phi) is 7.92. The van der Waals surface area contributed by atoms with Crippen molar-refractivity contribution in [3.05, 3.63) is 163 Å². The topological polar surface area (TPSA) is 33.3 Å². The van der Waals surface area contributed by atoms with Gasteiger partial charge in [0, 0.05) is 11.4 Å². The van der Waals surface area contributed by atoms with Crippen molar-refractivity contribution in [2.24, 2.45) is 0 Å². The van der Waals surface area contributed by atoms with Crippen molar-refractivity contribution in [3.8, 4) is 22.9 Å². The van der Waals surface area contributed by atoms with Crippen LogP contribution < -0.4 is 24.8 Å². The first-order valence-electron chi connectivity index (χ1n) is 17.1. The summed E-state index contributed by atoms with van der Waals surface area (Å²) in [5, 5.41) is 3.85. The molecule has 6 heteroatoms. The van der Waals surface area contributed by atoms with E-state index < -0.39 is 0 Å². The molecule has 1 N–H and O–H groups in total. The van der Waals surface area contributed by atoms with Crippen molar-refractivity contribution < 1.29 is 9.30 Å². The molecule has 8 rings (SSSR count). The molecule has 2 heterocycles. The highest BCUT2D eigenvalue weighted by Gasteiger charge is 2.38. The van der Waals surface area contributed by atoms with Crippen LogP contribution in [0.2, 0.25) is 0 Å². The van der Waals surface area contributed by atoms with Gasteiger partial charge in [0.2, 0.25) is 0 Å². The molecule has 1 aromatic heterocycles. The first-order valence-corrected chi connectivity index (χ1v) is 17.1. The minimum absolute atomic E-state index is 0.0982. The van der Waals surface area contributed by atoms with E-state index >= 15 is 0 Å². The van der Waals surface area contributed by atoms with E-state index in [9.17, 15) is 0 Å². The number of nitrogens with one attached hydrogen (secondary N) is 1. The maximum Gasteiger partial charge on any atom is 0.413 e. The Labute approximate surface area is 289 Å². The minimum atomic E-state index is -0.0982. The van der Waals surface area contributed by atoms with E-state index in [2.05, 4.69) is 175 Å². The molecule has 0 saturated heterocycles. The van der Waals surface area contributed by atoms with Crippen molar-refractivity contribution in [2.45, 2.75) is 39.5 Å². The van der Waals surface area contributed by atoms with Crippen molar-refractivity contribution in [1.82, 2.24) is 4.57 Å².